The van der Waals surface area contributed by atoms with Crippen molar-refractivity contribution in [3.05, 3.63) is 64.8 Å². The van der Waals surface area contributed by atoms with Crippen molar-refractivity contribution in [2.24, 2.45) is 0 Å². The number of benzene rings is 1. The molecule has 0 N–H and O–H groups in total. The summed E-state index contributed by atoms with van der Waals surface area (Å²) < 4.78 is 4.91. The van der Waals surface area contributed by atoms with E-state index in [4.69, 9.17) is 4.74 Å². The minimum Gasteiger partial charge on any atom is -0.463 e. The number of fused-ring (bicyclic) bond motifs is 1. The lowest BCUT2D eigenvalue weighted by molar-refractivity contribution is -0.137. The van der Waals surface area contributed by atoms with Crippen molar-refractivity contribution in [3.8, 4) is 0 Å². The molecule has 0 heterocycles. The van der Waals surface area contributed by atoms with E-state index in [0.717, 1.165) is 5.57 Å². The first kappa shape index (κ1) is 21.2. The second-order valence-electron chi connectivity index (χ2n) is 8.87. The molecule has 0 saturated heterocycles. The Bertz CT molecular complexity index is 789. The summed E-state index contributed by atoms with van der Waals surface area (Å²) in [5, 5.41) is 0. The number of allylic oxidation sites excluding steroid dienone is 5. The van der Waals surface area contributed by atoms with Crippen LogP contribution in [0.15, 0.2) is 48.1 Å². The smallest absolute Gasteiger partial charge is 0.330 e. The topological polar surface area (TPSA) is 26.3 Å². The van der Waals surface area contributed by atoms with Gasteiger partial charge < -0.3 is 4.74 Å². The van der Waals surface area contributed by atoms with Crippen LogP contribution in [-0.4, -0.2) is 12.6 Å². The Labute approximate surface area is 165 Å². The molecule has 0 atom stereocenters. The van der Waals surface area contributed by atoms with E-state index >= 15 is 0 Å². The standard InChI is InChI=1S/C25H34O2/c1-8-27-23(26)14-10-18(2)9-11-19(3)20-12-13-21-22(17-20)25(6,7)16-15-24(21,4)5/h9-14,17H,8,15-16H2,1-7H3/b14-10+,18-9+,19-11-. The third-order valence-corrected chi connectivity index (χ3v) is 5.67. The third-order valence-electron chi connectivity index (χ3n) is 5.67. The summed E-state index contributed by atoms with van der Waals surface area (Å²) in [7, 11) is 0. The molecular weight excluding hydrogens is 332 g/mol. The highest BCUT2D eigenvalue weighted by atomic mass is 16.5. The predicted molar refractivity (Wildman–Crippen MR) is 115 cm³/mol. The van der Waals surface area contributed by atoms with E-state index in [0.29, 0.717) is 6.61 Å². The van der Waals surface area contributed by atoms with Gasteiger partial charge in [-0.15, -0.1) is 0 Å². The van der Waals surface area contributed by atoms with Gasteiger partial charge in [0.1, 0.15) is 0 Å². The Morgan fingerprint density at radius 3 is 2.26 bits per heavy atom. The van der Waals surface area contributed by atoms with Gasteiger partial charge in [0.2, 0.25) is 0 Å². The Morgan fingerprint density at radius 2 is 1.63 bits per heavy atom. The Hall–Kier alpha value is -2.09. The van der Waals surface area contributed by atoms with Crippen molar-refractivity contribution in [2.75, 3.05) is 6.61 Å². The lowest BCUT2D eigenvalue weighted by Gasteiger charge is -2.42. The predicted octanol–water partition coefficient (Wildman–Crippen LogP) is 6.50. The lowest BCUT2D eigenvalue weighted by atomic mass is 9.63. The zero-order chi connectivity index (χ0) is 20.2. The highest BCUT2D eigenvalue weighted by Crippen LogP contribution is 2.46. The maximum atomic E-state index is 11.4. The number of esters is 1. The van der Waals surface area contributed by atoms with Crippen molar-refractivity contribution in [1.82, 2.24) is 0 Å². The highest BCUT2D eigenvalue weighted by Gasteiger charge is 2.36. The van der Waals surface area contributed by atoms with Gasteiger partial charge in [-0.05, 0) is 66.7 Å². The molecule has 1 aliphatic rings. The normalized spacial score (nSPS) is 19.1. The Morgan fingerprint density at radius 1 is 1.00 bits per heavy atom. The fourth-order valence-corrected chi connectivity index (χ4v) is 3.63. The van der Waals surface area contributed by atoms with Crippen molar-refractivity contribution < 1.29 is 9.53 Å². The van der Waals surface area contributed by atoms with Gasteiger partial charge in [0, 0.05) is 6.08 Å². The van der Waals surface area contributed by atoms with Gasteiger partial charge in [-0.3, -0.25) is 0 Å². The third kappa shape index (κ3) is 5.22. The molecular formula is C25H34O2. The van der Waals surface area contributed by atoms with E-state index in [9.17, 15) is 4.79 Å². The zero-order valence-electron chi connectivity index (χ0n) is 18.0. The Balaban J connectivity index is 2.27. The van der Waals surface area contributed by atoms with Crippen LogP contribution in [0, 0.1) is 0 Å². The molecule has 0 spiro atoms. The molecule has 0 aliphatic heterocycles. The van der Waals surface area contributed by atoms with E-state index in [-0.39, 0.29) is 16.8 Å². The highest BCUT2D eigenvalue weighted by molar-refractivity contribution is 5.82. The summed E-state index contributed by atoms with van der Waals surface area (Å²) in [6, 6.07) is 6.94. The van der Waals surface area contributed by atoms with Crippen LogP contribution in [0.2, 0.25) is 0 Å². The molecule has 0 bridgehead atoms. The maximum Gasteiger partial charge on any atom is 0.330 e. The number of hydrogen-bond acceptors (Lipinski definition) is 2. The molecule has 0 radical (unpaired) electrons. The lowest BCUT2D eigenvalue weighted by Crippen LogP contribution is -2.33. The van der Waals surface area contributed by atoms with E-state index in [1.54, 1.807) is 6.08 Å². The molecule has 1 aromatic rings. The first-order chi connectivity index (χ1) is 12.6. The van der Waals surface area contributed by atoms with Crippen LogP contribution in [0.1, 0.15) is 78.0 Å². The van der Waals surface area contributed by atoms with Gasteiger partial charge in [-0.25, -0.2) is 4.79 Å². The molecule has 0 unspecified atom stereocenters. The van der Waals surface area contributed by atoms with Crippen LogP contribution in [0.4, 0.5) is 0 Å². The van der Waals surface area contributed by atoms with Crippen LogP contribution in [0.25, 0.3) is 5.57 Å². The minimum atomic E-state index is -0.300. The molecule has 0 fully saturated rings. The fourth-order valence-electron chi connectivity index (χ4n) is 3.63. The molecule has 2 heteroatoms. The zero-order valence-corrected chi connectivity index (χ0v) is 18.0. The molecule has 2 rings (SSSR count). The molecule has 0 saturated carbocycles. The second-order valence-corrected chi connectivity index (χ2v) is 8.87. The van der Waals surface area contributed by atoms with Crippen LogP contribution >= 0.6 is 0 Å². The fraction of sp³-hybridized carbons (Fsp3) is 0.480. The molecule has 2 nitrogen and oxygen atoms in total. The number of ether oxygens (including phenoxy) is 1. The quantitative estimate of drug-likeness (QED) is 0.337. The largest absolute Gasteiger partial charge is 0.463 e. The molecule has 1 aromatic carbocycles. The van der Waals surface area contributed by atoms with Crippen LogP contribution in [0.3, 0.4) is 0 Å². The first-order valence-corrected chi connectivity index (χ1v) is 9.92. The number of hydrogen-bond donors (Lipinski definition) is 0. The van der Waals surface area contributed by atoms with Crippen LogP contribution in [0.5, 0.6) is 0 Å². The van der Waals surface area contributed by atoms with Crippen molar-refractivity contribution in [2.45, 2.75) is 72.1 Å². The van der Waals surface area contributed by atoms with Gasteiger partial charge in [0.15, 0.2) is 0 Å². The summed E-state index contributed by atoms with van der Waals surface area (Å²) >= 11 is 0. The number of carbonyl (C=O) groups excluding carboxylic acids is 1. The number of rotatable bonds is 5. The Kier molecular flexibility index (Phi) is 6.51. The van der Waals surface area contributed by atoms with Gasteiger partial charge in [-0.1, -0.05) is 69.7 Å². The molecule has 1 aliphatic carbocycles. The van der Waals surface area contributed by atoms with E-state index in [1.807, 2.05) is 19.9 Å². The summed E-state index contributed by atoms with van der Waals surface area (Å²) in [5.74, 6) is -0.300. The van der Waals surface area contributed by atoms with E-state index < -0.39 is 0 Å². The van der Waals surface area contributed by atoms with E-state index in [2.05, 4.69) is 58.9 Å². The molecule has 146 valence electrons. The average molecular weight is 367 g/mol. The van der Waals surface area contributed by atoms with Crippen LogP contribution in [-0.2, 0) is 20.4 Å². The molecule has 0 aromatic heterocycles. The summed E-state index contributed by atoms with van der Waals surface area (Å²) in [6.07, 6.45) is 9.88. The van der Waals surface area contributed by atoms with Gasteiger partial charge in [-0.2, -0.15) is 0 Å². The van der Waals surface area contributed by atoms with Crippen LogP contribution < -0.4 is 0 Å². The number of carbonyl (C=O) groups is 1. The van der Waals surface area contributed by atoms with Gasteiger partial charge in [0.05, 0.1) is 6.61 Å². The van der Waals surface area contributed by atoms with Gasteiger partial charge >= 0.3 is 5.97 Å². The maximum absolute atomic E-state index is 11.4. The molecule has 0 amide bonds. The van der Waals surface area contributed by atoms with E-state index in [1.165, 1.54) is 41.2 Å². The monoisotopic (exact) mass is 366 g/mol. The summed E-state index contributed by atoms with van der Waals surface area (Å²) in [6.45, 7) is 15.7. The summed E-state index contributed by atoms with van der Waals surface area (Å²) in [4.78, 5) is 11.4. The summed E-state index contributed by atoms with van der Waals surface area (Å²) in [5.41, 5.74) is 6.93. The van der Waals surface area contributed by atoms with Crippen molar-refractivity contribution in [3.63, 3.8) is 0 Å². The second kappa shape index (κ2) is 8.29. The minimum absolute atomic E-state index is 0.218. The van der Waals surface area contributed by atoms with Crippen molar-refractivity contribution in [1.29, 1.82) is 0 Å². The van der Waals surface area contributed by atoms with Gasteiger partial charge in [0.25, 0.3) is 0 Å². The first-order valence-electron chi connectivity index (χ1n) is 9.92. The average Bonchev–Trinajstić information content (AvgIpc) is 2.62. The molecule has 27 heavy (non-hydrogen) atoms. The van der Waals surface area contributed by atoms with Crippen molar-refractivity contribution >= 4 is 11.5 Å². The SMILES string of the molecule is CCOC(=O)/C=C/C(C)=C/C=C(/C)c1ccc2c(c1)C(C)(C)CCC2(C)C.